The zero-order valence-corrected chi connectivity index (χ0v) is 9.06. The van der Waals surface area contributed by atoms with Crippen LogP contribution in [0, 0.1) is 16.6 Å². The van der Waals surface area contributed by atoms with E-state index in [4.69, 9.17) is 5.26 Å². The molecule has 1 aliphatic rings. The number of rotatable bonds is 3. The number of thiocyanates is 1. The van der Waals surface area contributed by atoms with E-state index in [0.717, 1.165) is 0 Å². The van der Waals surface area contributed by atoms with E-state index in [1.807, 2.05) is 0 Å². The van der Waals surface area contributed by atoms with E-state index in [1.54, 1.807) is 0 Å². The third kappa shape index (κ3) is 4.12. The van der Waals surface area contributed by atoms with Gasteiger partial charge in [-0.2, -0.15) is 5.26 Å². The van der Waals surface area contributed by atoms with Gasteiger partial charge in [0.25, 0.3) is 0 Å². The zero-order valence-electron chi connectivity index (χ0n) is 8.25. The Labute approximate surface area is 88.0 Å². The van der Waals surface area contributed by atoms with E-state index >= 15 is 0 Å². The van der Waals surface area contributed by atoms with Crippen molar-refractivity contribution < 1.29 is 17.2 Å². The Hall–Kier alpha value is -0.700. The van der Waals surface area contributed by atoms with Gasteiger partial charge in [0.05, 0.1) is 5.75 Å². The minimum atomic E-state index is -3.63. The summed E-state index contributed by atoms with van der Waals surface area (Å²) in [5.41, 5.74) is 0. The number of halogens is 2. The topological polar surface area (TPSA) is 57.9 Å². The van der Waals surface area contributed by atoms with Gasteiger partial charge < -0.3 is 0 Å². The molecule has 1 fully saturated rings. The summed E-state index contributed by atoms with van der Waals surface area (Å²) in [5, 5.41) is 9.47. The van der Waals surface area contributed by atoms with E-state index in [1.165, 1.54) is 5.40 Å². The quantitative estimate of drug-likeness (QED) is 0.558. The Balaban J connectivity index is 2.35. The van der Waals surface area contributed by atoms with Gasteiger partial charge in [0, 0.05) is 12.8 Å². The molecule has 0 N–H and O–H groups in total. The Bertz CT molecular complexity index is 349. The van der Waals surface area contributed by atoms with E-state index in [2.05, 4.69) is 0 Å². The highest BCUT2D eigenvalue weighted by atomic mass is 32.2. The lowest BCUT2D eigenvalue weighted by atomic mass is 9.85. The van der Waals surface area contributed by atoms with Crippen molar-refractivity contribution in [3.05, 3.63) is 0 Å². The lowest BCUT2D eigenvalue weighted by molar-refractivity contribution is -0.0459. The summed E-state index contributed by atoms with van der Waals surface area (Å²) in [5.74, 6) is -2.77. The first kappa shape index (κ1) is 12.4. The fourth-order valence-corrected chi connectivity index (χ4v) is 2.49. The van der Waals surface area contributed by atoms with Crippen LogP contribution in [0.4, 0.5) is 8.78 Å². The van der Waals surface area contributed by atoms with Crippen molar-refractivity contribution >= 4 is 9.84 Å². The molecule has 86 valence electrons. The Morgan fingerprint density at radius 1 is 1.33 bits per heavy atom. The molecule has 0 saturated heterocycles. The Morgan fingerprint density at radius 2 is 1.87 bits per heavy atom. The number of hydrogen-bond donors (Lipinski definition) is 0. The SMILES string of the molecule is N#CS(=O)(=O)CCC1CCC(F)(F)CC1. The summed E-state index contributed by atoms with van der Waals surface area (Å²) in [6, 6.07) is 0. The van der Waals surface area contributed by atoms with Crippen LogP contribution in [-0.2, 0) is 9.84 Å². The largest absolute Gasteiger partial charge is 0.248 e. The van der Waals surface area contributed by atoms with Gasteiger partial charge in [0.1, 0.15) is 0 Å². The Morgan fingerprint density at radius 3 is 2.33 bits per heavy atom. The average Bonchev–Trinajstić information content (AvgIpc) is 2.16. The molecular weight excluding hydrogens is 224 g/mol. The van der Waals surface area contributed by atoms with Gasteiger partial charge >= 0.3 is 0 Å². The van der Waals surface area contributed by atoms with Crippen molar-refractivity contribution in [3.8, 4) is 5.40 Å². The van der Waals surface area contributed by atoms with Gasteiger partial charge in [0.15, 0.2) is 5.40 Å². The summed E-state index contributed by atoms with van der Waals surface area (Å²) in [6.07, 6.45) is 0.711. The van der Waals surface area contributed by atoms with Crippen molar-refractivity contribution in [1.82, 2.24) is 0 Å². The van der Waals surface area contributed by atoms with Gasteiger partial charge in [-0.3, -0.25) is 0 Å². The number of hydrogen-bond acceptors (Lipinski definition) is 3. The fraction of sp³-hybridized carbons (Fsp3) is 0.889. The van der Waals surface area contributed by atoms with Gasteiger partial charge in [-0.1, -0.05) is 0 Å². The van der Waals surface area contributed by atoms with Crippen molar-refractivity contribution in [3.63, 3.8) is 0 Å². The molecule has 0 aromatic rings. The molecule has 0 radical (unpaired) electrons. The molecule has 0 aliphatic heterocycles. The van der Waals surface area contributed by atoms with E-state index in [0.29, 0.717) is 19.3 Å². The molecule has 0 heterocycles. The Kier molecular flexibility index (Phi) is 3.66. The van der Waals surface area contributed by atoms with Crippen LogP contribution in [0.25, 0.3) is 0 Å². The number of sulfone groups is 1. The number of alkyl halides is 2. The van der Waals surface area contributed by atoms with E-state index in [9.17, 15) is 17.2 Å². The van der Waals surface area contributed by atoms with Crippen molar-refractivity contribution in [1.29, 1.82) is 5.26 Å². The van der Waals surface area contributed by atoms with Gasteiger partial charge in [-0.25, -0.2) is 17.2 Å². The number of nitriles is 1. The molecule has 1 aliphatic carbocycles. The molecular formula is C9H13F2NO2S. The predicted molar refractivity (Wildman–Crippen MR) is 50.9 cm³/mol. The standard InChI is InChI=1S/C9H13F2NO2S/c10-9(11)4-1-8(2-5-9)3-6-15(13,14)7-12/h8H,1-6H2. The van der Waals surface area contributed by atoms with Crippen LogP contribution < -0.4 is 0 Å². The first-order valence-electron chi connectivity index (χ1n) is 4.86. The number of nitrogens with zero attached hydrogens (tertiary/aromatic N) is 1. The second-order valence-electron chi connectivity index (χ2n) is 4.00. The smallest absolute Gasteiger partial charge is 0.213 e. The normalized spacial score (nSPS) is 22.2. The third-order valence-corrected chi connectivity index (χ3v) is 3.82. The van der Waals surface area contributed by atoms with E-state index in [-0.39, 0.29) is 24.5 Å². The van der Waals surface area contributed by atoms with Gasteiger partial charge in [0.2, 0.25) is 15.8 Å². The van der Waals surface area contributed by atoms with Crippen LogP contribution in [0.15, 0.2) is 0 Å². The van der Waals surface area contributed by atoms with Gasteiger partial charge in [-0.15, -0.1) is 0 Å². The highest BCUT2D eigenvalue weighted by Crippen LogP contribution is 2.37. The summed E-state index contributed by atoms with van der Waals surface area (Å²) < 4.78 is 47.2. The minimum Gasteiger partial charge on any atom is -0.213 e. The monoisotopic (exact) mass is 237 g/mol. The van der Waals surface area contributed by atoms with Crippen LogP contribution in [0.2, 0.25) is 0 Å². The van der Waals surface area contributed by atoms with Crippen LogP contribution in [-0.4, -0.2) is 20.1 Å². The van der Waals surface area contributed by atoms with Crippen LogP contribution >= 0.6 is 0 Å². The first-order valence-corrected chi connectivity index (χ1v) is 6.51. The van der Waals surface area contributed by atoms with Crippen molar-refractivity contribution in [2.75, 3.05) is 5.75 Å². The maximum absolute atomic E-state index is 12.7. The average molecular weight is 237 g/mol. The zero-order chi connectivity index (χ0) is 11.5. The van der Waals surface area contributed by atoms with Crippen molar-refractivity contribution in [2.24, 2.45) is 5.92 Å². The van der Waals surface area contributed by atoms with Crippen LogP contribution in [0.5, 0.6) is 0 Å². The maximum Gasteiger partial charge on any atom is 0.248 e. The van der Waals surface area contributed by atoms with Gasteiger partial charge in [-0.05, 0) is 25.2 Å². The molecule has 0 aromatic carbocycles. The highest BCUT2D eigenvalue weighted by molar-refractivity contribution is 7.95. The van der Waals surface area contributed by atoms with E-state index < -0.39 is 15.8 Å². The molecule has 15 heavy (non-hydrogen) atoms. The lowest BCUT2D eigenvalue weighted by Crippen LogP contribution is -2.25. The molecule has 0 spiro atoms. The lowest BCUT2D eigenvalue weighted by Gasteiger charge is -2.27. The predicted octanol–water partition coefficient (Wildman–Crippen LogP) is 2.10. The molecule has 3 nitrogen and oxygen atoms in total. The molecule has 0 amide bonds. The second-order valence-corrected chi connectivity index (χ2v) is 5.82. The second kappa shape index (κ2) is 4.44. The summed E-state index contributed by atoms with van der Waals surface area (Å²) in [6.45, 7) is 0. The first-order chi connectivity index (χ1) is 6.85. The summed E-state index contributed by atoms with van der Waals surface area (Å²) in [4.78, 5) is 0. The van der Waals surface area contributed by atoms with Crippen LogP contribution in [0.3, 0.4) is 0 Å². The minimum absolute atomic E-state index is 0.0211. The molecule has 6 heteroatoms. The highest BCUT2D eigenvalue weighted by Gasteiger charge is 2.34. The maximum atomic E-state index is 12.7. The van der Waals surface area contributed by atoms with Crippen LogP contribution in [0.1, 0.15) is 32.1 Å². The molecule has 0 atom stereocenters. The van der Waals surface area contributed by atoms with Crippen molar-refractivity contribution in [2.45, 2.75) is 38.0 Å². The fourth-order valence-electron chi connectivity index (χ4n) is 1.76. The molecule has 1 rings (SSSR count). The summed E-state index contributed by atoms with van der Waals surface area (Å²) in [7, 11) is -3.63. The molecule has 0 unspecified atom stereocenters. The molecule has 1 saturated carbocycles. The molecule has 0 bridgehead atoms. The molecule has 0 aromatic heterocycles. The summed E-state index contributed by atoms with van der Waals surface area (Å²) >= 11 is 0. The third-order valence-electron chi connectivity index (χ3n) is 2.77.